The molecule has 1 aliphatic rings. The Bertz CT molecular complexity index is 1000. The first-order valence-electron chi connectivity index (χ1n) is 9.80. The first kappa shape index (κ1) is 22.2. The number of benzene rings is 2. The summed E-state index contributed by atoms with van der Waals surface area (Å²) in [7, 11) is 0. The summed E-state index contributed by atoms with van der Waals surface area (Å²) in [5.41, 5.74) is 0.581. The second-order valence-corrected chi connectivity index (χ2v) is 8.61. The van der Waals surface area contributed by atoms with Gasteiger partial charge in [-0.15, -0.1) is 0 Å². The van der Waals surface area contributed by atoms with Crippen molar-refractivity contribution < 1.29 is 23.6 Å². The molecule has 0 spiro atoms. The zero-order valence-corrected chi connectivity index (χ0v) is 17.6. The Balaban J connectivity index is 1.82. The van der Waals surface area contributed by atoms with Crippen LogP contribution in [-0.2, 0) is 9.59 Å². The number of fused-ring (bicyclic) bond motifs is 1. The molecule has 1 aliphatic heterocycles. The lowest BCUT2D eigenvalue weighted by atomic mass is 9.85. The van der Waals surface area contributed by atoms with Crippen LogP contribution in [0, 0.1) is 21.3 Å². The van der Waals surface area contributed by atoms with Gasteiger partial charge in [-0.2, -0.15) is 0 Å². The third-order valence-corrected chi connectivity index (χ3v) is 4.82. The second-order valence-electron chi connectivity index (χ2n) is 8.61. The minimum absolute atomic E-state index is 0.131. The number of carbonyl (C=O) groups is 2. The molecule has 0 aliphatic carbocycles. The Labute approximate surface area is 179 Å². The van der Waals surface area contributed by atoms with Gasteiger partial charge in [0, 0.05) is 12.1 Å². The molecule has 1 unspecified atom stereocenters. The summed E-state index contributed by atoms with van der Waals surface area (Å²) in [6, 6.07) is 9.40. The van der Waals surface area contributed by atoms with Gasteiger partial charge < -0.3 is 10.1 Å². The topological polar surface area (TPSA) is 102 Å². The summed E-state index contributed by atoms with van der Waals surface area (Å²) in [6.45, 7) is 5.49. The third-order valence-electron chi connectivity index (χ3n) is 4.82. The van der Waals surface area contributed by atoms with Crippen molar-refractivity contribution in [2.75, 3.05) is 18.1 Å². The van der Waals surface area contributed by atoms with Crippen LogP contribution in [0.2, 0.25) is 0 Å². The molecule has 2 aromatic rings. The van der Waals surface area contributed by atoms with Crippen LogP contribution in [0.3, 0.4) is 0 Å². The van der Waals surface area contributed by atoms with Crippen LogP contribution >= 0.6 is 0 Å². The SMILES string of the molecule is CC(C)(C)CC(NC(=O)CN1C(=O)COc2ccc([N+](=O)[O-])cc21)c1ccc(F)cc1. The maximum Gasteiger partial charge on any atom is 0.271 e. The van der Waals surface area contributed by atoms with E-state index in [1.807, 2.05) is 20.8 Å². The summed E-state index contributed by atoms with van der Waals surface area (Å²) in [6.07, 6.45) is 0.587. The highest BCUT2D eigenvalue weighted by atomic mass is 19.1. The highest BCUT2D eigenvalue weighted by Gasteiger charge is 2.30. The molecule has 2 amide bonds. The minimum Gasteiger partial charge on any atom is -0.482 e. The van der Waals surface area contributed by atoms with E-state index in [2.05, 4.69) is 5.32 Å². The molecule has 2 aromatic carbocycles. The van der Waals surface area contributed by atoms with Crippen molar-refractivity contribution in [3.05, 3.63) is 64.0 Å². The molecule has 1 heterocycles. The Hall–Kier alpha value is -3.49. The molecule has 0 saturated carbocycles. The largest absolute Gasteiger partial charge is 0.482 e. The first-order chi connectivity index (χ1) is 14.5. The Kier molecular flexibility index (Phi) is 6.24. The maximum atomic E-state index is 13.3. The highest BCUT2D eigenvalue weighted by molar-refractivity contribution is 6.02. The van der Waals surface area contributed by atoms with Gasteiger partial charge in [-0.05, 0) is 35.6 Å². The molecular formula is C22H24FN3O5. The van der Waals surface area contributed by atoms with Crippen molar-refractivity contribution in [3.63, 3.8) is 0 Å². The van der Waals surface area contributed by atoms with E-state index in [0.717, 1.165) is 5.56 Å². The number of halogens is 1. The van der Waals surface area contributed by atoms with Crippen LogP contribution in [0.4, 0.5) is 15.8 Å². The van der Waals surface area contributed by atoms with E-state index in [1.165, 1.54) is 35.2 Å². The summed E-state index contributed by atoms with van der Waals surface area (Å²) < 4.78 is 18.7. The van der Waals surface area contributed by atoms with E-state index in [0.29, 0.717) is 12.2 Å². The molecule has 0 saturated heterocycles. The number of amides is 2. The Morgan fingerprint density at radius 1 is 1.26 bits per heavy atom. The van der Waals surface area contributed by atoms with E-state index in [9.17, 15) is 24.1 Å². The van der Waals surface area contributed by atoms with Crippen LogP contribution in [0.5, 0.6) is 5.75 Å². The number of nitro groups is 1. The predicted molar refractivity (Wildman–Crippen MR) is 112 cm³/mol. The number of nitrogens with one attached hydrogen (secondary N) is 1. The lowest BCUT2D eigenvalue weighted by Crippen LogP contribution is -2.46. The molecular weight excluding hydrogens is 405 g/mol. The van der Waals surface area contributed by atoms with Gasteiger partial charge in [0.05, 0.1) is 16.7 Å². The molecule has 31 heavy (non-hydrogen) atoms. The maximum absolute atomic E-state index is 13.3. The molecule has 8 nitrogen and oxygen atoms in total. The standard InChI is InChI=1S/C22H24FN3O5/c1-22(2,3)11-17(14-4-6-15(23)7-5-14)24-20(27)12-25-18-10-16(26(29)30)8-9-19(18)31-13-21(25)28/h4-10,17H,11-13H2,1-3H3,(H,24,27). The fourth-order valence-corrected chi connectivity index (χ4v) is 3.42. The van der Waals surface area contributed by atoms with E-state index in [1.54, 1.807) is 12.1 Å². The van der Waals surface area contributed by atoms with Crippen molar-refractivity contribution in [2.24, 2.45) is 5.41 Å². The smallest absolute Gasteiger partial charge is 0.271 e. The van der Waals surface area contributed by atoms with Gasteiger partial charge in [0.1, 0.15) is 18.1 Å². The van der Waals surface area contributed by atoms with E-state index in [-0.39, 0.29) is 35.8 Å². The summed E-state index contributed by atoms with van der Waals surface area (Å²) in [4.78, 5) is 37.0. The van der Waals surface area contributed by atoms with Crippen molar-refractivity contribution in [2.45, 2.75) is 33.2 Å². The zero-order chi connectivity index (χ0) is 22.8. The lowest BCUT2D eigenvalue weighted by Gasteiger charge is -2.31. The quantitative estimate of drug-likeness (QED) is 0.557. The number of non-ortho nitro benzene ring substituents is 1. The van der Waals surface area contributed by atoms with E-state index in [4.69, 9.17) is 4.74 Å². The molecule has 9 heteroatoms. The second kappa shape index (κ2) is 8.71. The molecule has 0 bridgehead atoms. The van der Waals surface area contributed by atoms with Crippen molar-refractivity contribution in [1.82, 2.24) is 5.32 Å². The fourth-order valence-electron chi connectivity index (χ4n) is 3.42. The molecule has 0 aromatic heterocycles. The minimum atomic E-state index is -0.578. The van der Waals surface area contributed by atoms with Crippen molar-refractivity contribution in [1.29, 1.82) is 0 Å². The number of ether oxygens (including phenoxy) is 1. The summed E-state index contributed by atoms with van der Waals surface area (Å²) in [5, 5.41) is 14.0. The van der Waals surface area contributed by atoms with Gasteiger partial charge in [0.2, 0.25) is 5.91 Å². The number of hydrogen-bond donors (Lipinski definition) is 1. The van der Waals surface area contributed by atoms with Gasteiger partial charge in [-0.25, -0.2) is 4.39 Å². The normalized spacial score (nSPS) is 14.5. The Morgan fingerprint density at radius 3 is 2.55 bits per heavy atom. The van der Waals surface area contributed by atoms with Crippen LogP contribution < -0.4 is 15.0 Å². The number of anilines is 1. The molecule has 0 radical (unpaired) electrons. The lowest BCUT2D eigenvalue weighted by molar-refractivity contribution is -0.384. The average Bonchev–Trinajstić information content (AvgIpc) is 2.68. The van der Waals surface area contributed by atoms with Crippen molar-refractivity contribution >= 4 is 23.2 Å². The van der Waals surface area contributed by atoms with Crippen LogP contribution in [0.25, 0.3) is 0 Å². The Morgan fingerprint density at radius 2 is 1.94 bits per heavy atom. The van der Waals surface area contributed by atoms with E-state index < -0.39 is 22.8 Å². The monoisotopic (exact) mass is 429 g/mol. The van der Waals surface area contributed by atoms with E-state index >= 15 is 0 Å². The number of nitrogens with zero attached hydrogens (tertiary/aromatic N) is 2. The summed E-state index contributed by atoms with van der Waals surface area (Å²) in [5.74, 6) is -0.993. The fraction of sp³-hybridized carbons (Fsp3) is 0.364. The van der Waals surface area contributed by atoms with Gasteiger partial charge in [0.15, 0.2) is 6.61 Å². The predicted octanol–water partition coefficient (Wildman–Crippen LogP) is 3.75. The molecule has 0 fully saturated rings. The van der Waals surface area contributed by atoms with Crippen molar-refractivity contribution in [3.8, 4) is 5.75 Å². The number of carbonyl (C=O) groups excluding carboxylic acids is 2. The molecule has 1 atom stereocenters. The van der Waals surface area contributed by atoms with Gasteiger partial charge in [0.25, 0.3) is 11.6 Å². The van der Waals surface area contributed by atoms with Gasteiger partial charge in [-0.3, -0.25) is 24.6 Å². The van der Waals surface area contributed by atoms with Crippen LogP contribution in [0.1, 0.15) is 38.8 Å². The average molecular weight is 429 g/mol. The third kappa shape index (κ3) is 5.56. The van der Waals surface area contributed by atoms with Gasteiger partial charge in [-0.1, -0.05) is 32.9 Å². The zero-order valence-electron chi connectivity index (χ0n) is 17.6. The van der Waals surface area contributed by atoms with Crippen LogP contribution in [-0.4, -0.2) is 29.9 Å². The molecule has 164 valence electrons. The molecule has 3 rings (SSSR count). The number of hydrogen-bond acceptors (Lipinski definition) is 5. The number of nitro benzene ring substituents is 1. The first-order valence-corrected chi connectivity index (χ1v) is 9.80. The molecule has 1 N–H and O–H groups in total. The number of rotatable bonds is 6. The summed E-state index contributed by atoms with van der Waals surface area (Å²) >= 11 is 0. The van der Waals surface area contributed by atoms with Gasteiger partial charge >= 0.3 is 0 Å². The van der Waals surface area contributed by atoms with Crippen LogP contribution in [0.15, 0.2) is 42.5 Å². The highest BCUT2D eigenvalue weighted by Crippen LogP contribution is 2.35.